The van der Waals surface area contributed by atoms with Crippen LogP contribution in [0, 0.1) is 0 Å². The summed E-state index contributed by atoms with van der Waals surface area (Å²) < 4.78 is 13.1. The fourth-order valence-electron chi connectivity index (χ4n) is 3.12. The van der Waals surface area contributed by atoms with E-state index in [1.807, 2.05) is 31.2 Å². The minimum Gasteiger partial charge on any atom is -0.493 e. The Balaban J connectivity index is 2.00. The molecular weight excluding hydrogens is 358 g/mol. The van der Waals surface area contributed by atoms with Crippen molar-refractivity contribution >= 4 is 11.9 Å². The van der Waals surface area contributed by atoms with E-state index in [1.165, 1.54) is 0 Å². The van der Waals surface area contributed by atoms with Gasteiger partial charge < -0.3 is 14.8 Å². The maximum Gasteiger partial charge on any atom is 0.338 e. The molecule has 1 atom stereocenters. The molecule has 8 heteroatoms. The first-order valence-corrected chi connectivity index (χ1v) is 9.81. The number of fused-ring (bicyclic) bond motifs is 1. The number of ether oxygens (including phenoxy) is 2. The number of carbonyl (C=O) groups excluding carboxylic acids is 1. The fraction of sp³-hybridized carbons (Fsp3) is 0.500. The largest absolute Gasteiger partial charge is 0.493 e. The van der Waals surface area contributed by atoms with Gasteiger partial charge in [0, 0.05) is 11.3 Å². The molecule has 0 bridgehead atoms. The lowest BCUT2D eigenvalue weighted by Gasteiger charge is -2.28. The number of aromatic nitrogens is 4. The van der Waals surface area contributed by atoms with Crippen LogP contribution >= 0.6 is 0 Å². The summed E-state index contributed by atoms with van der Waals surface area (Å²) in [5.74, 6) is 0.833. The van der Waals surface area contributed by atoms with E-state index in [1.54, 1.807) is 4.68 Å². The molecule has 2 aromatic rings. The minimum absolute atomic E-state index is 0.368. The van der Waals surface area contributed by atoms with Gasteiger partial charge in [-0.25, -0.2) is 4.79 Å². The fourth-order valence-corrected chi connectivity index (χ4v) is 3.12. The Morgan fingerprint density at radius 2 is 1.93 bits per heavy atom. The Labute approximate surface area is 164 Å². The summed E-state index contributed by atoms with van der Waals surface area (Å²) >= 11 is 0. The standard InChI is InChI=1S/C20H27N5O3/c1-4-6-12-27-16-11-9-8-10-15(16)18-17(19(26)28-13-7-5-2)14(3)21-20-22-23-24-25(18)20/h8-11,18H,4-7,12-13H2,1-3H3,(H,21,22,24). The van der Waals surface area contributed by atoms with Crippen LogP contribution in [0.25, 0.3) is 0 Å². The summed E-state index contributed by atoms with van der Waals surface area (Å²) in [5, 5.41) is 15.0. The summed E-state index contributed by atoms with van der Waals surface area (Å²) in [6.45, 7) is 7.00. The Kier molecular flexibility index (Phi) is 6.62. The Bertz CT molecular complexity index is 846. The van der Waals surface area contributed by atoms with Crippen LogP contribution in [-0.2, 0) is 9.53 Å². The summed E-state index contributed by atoms with van der Waals surface area (Å²) in [6.07, 6.45) is 3.78. The molecule has 0 amide bonds. The molecule has 0 saturated carbocycles. The van der Waals surface area contributed by atoms with Crippen molar-refractivity contribution in [2.75, 3.05) is 18.5 Å². The predicted octanol–water partition coefficient (Wildman–Crippen LogP) is 3.48. The van der Waals surface area contributed by atoms with Gasteiger partial charge in [-0.1, -0.05) is 50.0 Å². The maximum absolute atomic E-state index is 12.9. The molecule has 0 saturated heterocycles. The van der Waals surface area contributed by atoms with Crippen molar-refractivity contribution in [2.24, 2.45) is 0 Å². The van der Waals surface area contributed by atoms with Crippen molar-refractivity contribution in [1.82, 2.24) is 20.2 Å². The molecule has 28 heavy (non-hydrogen) atoms. The number of hydrogen-bond acceptors (Lipinski definition) is 7. The second-order valence-electron chi connectivity index (χ2n) is 6.74. The van der Waals surface area contributed by atoms with Gasteiger partial charge in [-0.15, -0.1) is 0 Å². The van der Waals surface area contributed by atoms with Crippen LogP contribution in [0.15, 0.2) is 35.5 Å². The number of nitrogens with one attached hydrogen (secondary N) is 1. The van der Waals surface area contributed by atoms with Gasteiger partial charge in [0.25, 0.3) is 0 Å². The van der Waals surface area contributed by atoms with Gasteiger partial charge in [-0.2, -0.15) is 4.68 Å². The average molecular weight is 385 g/mol. The van der Waals surface area contributed by atoms with Crippen LogP contribution in [0.5, 0.6) is 5.75 Å². The highest BCUT2D eigenvalue weighted by Gasteiger charge is 2.36. The molecule has 0 spiro atoms. The van der Waals surface area contributed by atoms with Crippen molar-refractivity contribution in [3.05, 3.63) is 41.1 Å². The van der Waals surface area contributed by atoms with Gasteiger partial charge in [-0.05, 0) is 36.3 Å². The molecule has 1 unspecified atom stereocenters. The molecule has 150 valence electrons. The van der Waals surface area contributed by atoms with Crippen molar-refractivity contribution in [3.8, 4) is 5.75 Å². The van der Waals surface area contributed by atoms with E-state index in [9.17, 15) is 4.79 Å². The lowest BCUT2D eigenvalue weighted by Crippen LogP contribution is -2.30. The van der Waals surface area contributed by atoms with Gasteiger partial charge in [0.15, 0.2) is 0 Å². The van der Waals surface area contributed by atoms with Gasteiger partial charge in [0.05, 0.1) is 18.8 Å². The number of unbranched alkanes of at least 4 members (excludes halogenated alkanes) is 2. The number of rotatable bonds is 9. The highest BCUT2D eigenvalue weighted by molar-refractivity contribution is 5.92. The highest BCUT2D eigenvalue weighted by Crippen LogP contribution is 2.38. The number of esters is 1. The third-order valence-corrected chi connectivity index (χ3v) is 4.63. The van der Waals surface area contributed by atoms with Gasteiger partial charge >= 0.3 is 5.97 Å². The number of nitrogens with zero attached hydrogens (tertiary/aromatic N) is 4. The van der Waals surface area contributed by atoms with E-state index in [-0.39, 0.29) is 5.97 Å². The topological polar surface area (TPSA) is 91.2 Å². The molecule has 1 aliphatic rings. The van der Waals surface area contributed by atoms with Gasteiger partial charge in [0.1, 0.15) is 11.8 Å². The zero-order valence-electron chi connectivity index (χ0n) is 16.6. The van der Waals surface area contributed by atoms with Crippen molar-refractivity contribution in [3.63, 3.8) is 0 Å². The normalized spacial score (nSPS) is 15.8. The van der Waals surface area contributed by atoms with Gasteiger partial charge in [0.2, 0.25) is 5.95 Å². The third-order valence-electron chi connectivity index (χ3n) is 4.63. The summed E-state index contributed by atoms with van der Waals surface area (Å²) in [5.41, 5.74) is 2.00. The molecule has 1 aromatic carbocycles. The van der Waals surface area contributed by atoms with E-state index >= 15 is 0 Å². The van der Waals surface area contributed by atoms with Crippen LogP contribution in [0.4, 0.5) is 5.95 Å². The number of anilines is 1. The van der Waals surface area contributed by atoms with Crippen LogP contribution in [0.3, 0.4) is 0 Å². The number of allylic oxidation sites excluding steroid dienone is 1. The Hall–Kier alpha value is -2.90. The molecule has 0 aliphatic carbocycles. The monoisotopic (exact) mass is 385 g/mol. The molecule has 1 N–H and O–H groups in total. The predicted molar refractivity (Wildman–Crippen MR) is 105 cm³/mol. The Morgan fingerprint density at radius 1 is 1.18 bits per heavy atom. The lowest BCUT2D eigenvalue weighted by molar-refractivity contribution is -0.139. The van der Waals surface area contributed by atoms with Crippen molar-refractivity contribution < 1.29 is 14.3 Å². The smallest absolute Gasteiger partial charge is 0.338 e. The average Bonchev–Trinajstić information content (AvgIpc) is 3.15. The van der Waals surface area contributed by atoms with Gasteiger partial charge in [-0.3, -0.25) is 0 Å². The maximum atomic E-state index is 12.9. The number of para-hydroxylation sites is 1. The first-order chi connectivity index (χ1) is 13.7. The molecule has 3 rings (SSSR count). The molecule has 1 aromatic heterocycles. The number of hydrogen-bond donors (Lipinski definition) is 1. The van der Waals surface area contributed by atoms with Crippen LogP contribution in [0.2, 0.25) is 0 Å². The molecule has 0 radical (unpaired) electrons. The van der Waals surface area contributed by atoms with E-state index in [0.717, 1.165) is 37.0 Å². The molecule has 1 aliphatic heterocycles. The minimum atomic E-state index is -0.516. The summed E-state index contributed by atoms with van der Waals surface area (Å²) in [4.78, 5) is 12.9. The molecule has 2 heterocycles. The first kappa shape index (κ1) is 19.9. The zero-order chi connectivity index (χ0) is 19.9. The molecule has 0 fully saturated rings. The van der Waals surface area contributed by atoms with Crippen LogP contribution in [-0.4, -0.2) is 39.4 Å². The molecular formula is C20H27N5O3. The van der Waals surface area contributed by atoms with E-state index in [4.69, 9.17) is 9.47 Å². The zero-order valence-corrected chi connectivity index (χ0v) is 16.6. The first-order valence-electron chi connectivity index (χ1n) is 9.81. The Morgan fingerprint density at radius 3 is 2.71 bits per heavy atom. The van der Waals surface area contributed by atoms with Crippen molar-refractivity contribution in [2.45, 2.75) is 52.5 Å². The quantitative estimate of drug-likeness (QED) is 0.522. The van der Waals surface area contributed by atoms with E-state index < -0.39 is 6.04 Å². The lowest BCUT2D eigenvalue weighted by atomic mass is 9.95. The van der Waals surface area contributed by atoms with Crippen LogP contribution in [0.1, 0.15) is 58.1 Å². The second-order valence-corrected chi connectivity index (χ2v) is 6.74. The van der Waals surface area contributed by atoms with E-state index in [2.05, 4.69) is 34.7 Å². The summed E-state index contributed by atoms with van der Waals surface area (Å²) in [7, 11) is 0. The number of benzene rings is 1. The van der Waals surface area contributed by atoms with Crippen molar-refractivity contribution in [1.29, 1.82) is 0 Å². The SMILES string of the molecule is CCCCOC(=O)C1=C(C)Nc2nnnn2C1c1ccccc1OCCCC. The number of carbonyl (C=O) groups is 1. The molecule has 8 nitrogen and oxygen atoms in total. The van der Waals surface area contributed by atoms with E-state index in [0.29, 0.717) is 30.4 Å². The summed E-state index contributed by atoms with van der Waals surface area (Å²) in [6, 6.07) is 7.17. The number of tetrazole rings is 1. The van der Waals surface area contributed by atoms with Crippen LogP contribution < -0.4 is 10.1 Å². The third kappa shape index (κ3) is 4.16. The highest BCUT2D eigenvalue weighted by atomic mass is 16.5. The second kappa shape index (κ2) is 9.34.